The third-order valence-electron chi connectivity index (χ3n) is 5.02. The summed E-state index contributed by atoms with van der Waals surface area (Å²) in [5.74, 6) is -0.886. The van der Waals surface area contributed by atoms with Gasteiger partial charge >= 0.3 is 12.0 Å². The van der Waals surface area contributed by atoms with Crippen LogP contribution in [-0.2, 0) is 4.79 Å². The Morgan fingerprint density at radius 1 is 1.20 bits per heavy atom. The molecular formula is C15H26N2O3. The number of carboxylic acids is 1. The van der Waals surface area contributed by atoms with Gasteiger partial charge in [0.15, 0.2) is 0 Å². The lowest BCUT2D eigenvalue weighted by molar-refractivity contribution is -0.144. The molecule has 0 aromatic rings. The molecule has 0 saturated heterocycles. The second-order valence-corrected chi connectivity index (χ2v) is 7.17. The van der Waals surface area contributed by atoms with Gasteiger partial charge in [0.2, 0.25) is 0 Å². The third kappa shape index (κ3) is 3.07. The summed E-state index contributed by atoms with van der Waals surface area (Å²) in [5.41, 5.74) is -1.06. The van der Waals surface area contributed by atoms with Gasteiger partial charge in [-0.15, -0.1) is 0 Å². The monoisotopic (exact) mass is 282 g/mol. The Morgan fingerprint density at radius 2 is 1.85 bits per heavy atom. The molecule has 3 N–H and O–H groups in total. The van der Waals surface area contributed by atoms with E-state index in [0.29, 0.717) is 0 Å². The van der Waals surface area contributed by atoms with Crippen molar-refractivity contribution in [3.8, 4) is 0 Å². The molecular weight excluding hydrogens is 256 g/mol. The van der Waals surface area contributed by atoms with Crippen molar-refractivity contribution in [1.29, 1.82) is 0 Å². The number of aliphatic carboxylic acids is 1. The second kappa shape index (κ2) is 5.26. The van der Waals surface area contributed by atoms with Crippen LogP contribution in [-0.4, -0.2) is 28.7 Å². The standard InChI is InChI=1S/C15H26N2O3/c1-14(2)9-5-4-6-11(14)16-13(20)17-15(3,12(18)19)10-7-8-10/h10-11H,4-9H2,1-3H3,(H,18,19)(H2,16,17,20). The number of rotatable bonds is 4. The molecule has 2 aliphatic carbocycles. The van der Waals surface area contributed by atoms with Crippen molar-refractivity contribution in [1.82, 2.24) is 10.6 Å². The van der Waals surface area contributed by atoms with Crippen LogP contribution in [0.2, 0.25) is 0 Å². The lowest BCUT2D eigenvalue weighted by atomic mass is 9.73. The number of carbonyl (C=O) groups excluding carboxylic acids is 1. The Labute approximate surface area is 120 Å². The molecule has 0 aliphatic heterocycles. The molecule has 2 saturated carbocycles. The van der Waals surface area contributed by atoms with Crippen molar-refractivity contribution >= 4 is 12.0 Å². The molecule has 5 nitrogen and oxygen atoms in total. The Morgan fingerprint density at radius 3 is 2.35 bits per heavy atom. The van der Waals surface area contributed by atoms with Gasteiger partial charge in [-0.2, -0.15) is 0 Å². The van der Waals surface area contributed by atoms with Crippen LogP contribution in [0.15, 0.2) is 0 Å². The summed E-state index contributed by atoms with van der Waals surface area (Å²) in [5, 5.41) is 15.0. The normalized spacial score (nSPS) is 28.2. The number of nitrogens with one attached hydrogen (secondary N) is 2. The van der Waals surface area contributed by atoms with E-state index in [2.05, 4.69) is 24.5 Å². The second-order valence-electron chi connectivity index (χ2n) is 7.17. The molecule has 0 aromatic heterocycles. The molecule has 114 valence electrons. The Hall–Kier alpha value is -1.26. The molecule has 2 atom stereocenters. The van der Waals surface area contributed by atoms with E-state index in [1.54, 1.807) is 6.92 Å². The summed E-state index contributed by atoms with van der Waals surface area (Å²) >= 11 is 0. The predicted octanol–water partition coefficient (Wildman–Crippen LogP) is 2.51. The molecule has 0 aromatic carbocycles. The fourth-order valence-electron chi connectivity index (χ4n) is 3.18. The smallest absolute Gasteiger partial charge is 0.329 e. The lowest BCUT2D eigenvalue weighted by Crippen LogP contribution is -2.59. The number of carboxylic acid groups (broad SMARTS) is 1. The zero-order chi connectivity index (χ0) is 15.0. The Balaban J connectivity index is 1.96. The highest BCUT2D eigenvalue weighted by molar-refractivity contribution is 5.86. The van der Waals surface area contributed by atoms with Crippen molar-refractivity contribution in [2.75, 3.05) is 0 Å². The Kier molecular flexibility index (Phi) is 3.98. The van der Waals surface area contributed by atoms with Crippen molar-refractivity contribution in [2.24, 2.45) is 11.3 Å². The predicted molar refractivity (Wildman–Crippen MR) is 76.5 cm³/mol. The van der Waals surface area contributed by atoms with Crippen LogP contribution >= 0.6 is 0 Å². The van der Waals surface area contributed by atoms with E-state index in [1.807, 2.05) is 0 Å². The van der Waals surface area contributed by atoms with Crippen molar-refractivity contribution in [2.45, 2.75) is 70.9 Å². The number of hydrogen-bond donors (Lipinski definition) is 3. The average Bonchev–Trinajstić information content (AvgIpc) is 3.15. The van der Waals surface area contributed by atoms with E-state index in [0.717, 1.165) is 32.1 Å². The highest BCUT2D eigenvalue weighted by Gasteiger charge is 2.49. The van der Waals surface area contributed by atoms with Gasteiger partial charge in [0.1, 0.15) is 5.54 Å². The van der Waals surface area contributed by atoms with Crippen molar-refractivity contribution in [3.63, 3.8) is 0 Å². The van der Waals surface area contributed by atoms with Crippen LogP contribution in [0.1, 0.15) is 59.3 Å². The molecule has 2 aliphatic rings. The van der Waals surface area contributed by atoms with Gasteiger partial charge in [-0.1, -0.05) is 26.7 Å². The van der Waals surface area contributed by atoms with Gasteiger partial charge in [0.25, 0.3) is 0 Å². The first-order valence-electron chi connectivity index (χ1n) is 7.58. The minimum Gasteiger partial charge on any atom is -0.480 e. The molecule has 5 heteroatoms. The fraction of sp³-hybridized carbons (Fsp3) is 0.867. The van der Waals surface area contributed by atoms with Crippen molar-refractivity contribution < 1.29 is 14.7 Å². The zero-order valence-electron chi connectivity index (χ0n) is 12.7. The van der Waals surface area contributed by atoms with E-state index < -0.39 is 11.5 Å². The van der Waals surface area contributed by atoms with Gasteiger partial charge in [-0.3, -0.25) is 0 Å². The topological polar surface area (TPSA) is 78.4 Å². The van der Waals surface area contributed by atoms with Crippen LogP contribution in [0.5, 0.6) is 0 Å². The lowest BCUT2D eigenvalue weighted by Gasteiger charge is -2.39. The van der Waals surface area contributed by atoms with Gasteiger partial charge < -0.3 is 15.7 Å². The maximum absolute atomic E-state index is 12.2. The van der Waals surface area contributed by atoms with Crippen LogP contribution in [0.3, 0.4) is 0 Å². The van der Waals surface area contributed by atoms with Crippen molar-refractivity contribution in [3.05, 3.63) is 0 Å². The summed E-state index contributed by atoms with van der Waals surface area (Å²) in [6, 6.07) is -0.227. The summed E-state index contributed by atoms with van der Waals surface area (Å²) in [4.78, 5) is 23.6. The first kappa shape index (κ1) is 15.1. The summed E-state index contributed by atoms with van der Waals surface area (Å²) < 4.78 is 0. The molecule has 2 amide bonds. The van der Waals surface area contributed by atoms with E-state index in [-0.39, 0.29) is 23.4 Å². The first-order valence-corrected chi connectivity index (χ1v) is 7.58. The molecule has 2 rings (SSSR count). The summed E-state index contributed by atoms with van der Waals surface area (Å²) in [6.07, 6.45) is 6.12. The summed E-state index contributed by atoms with van der Waals surface area (Å²) in [6.45, 7) is 5.93. The quantitative estimate of drug-likeness (QED) is 0.741. The van der Waals surface area contributed by atoms with Gasteiger partial charge in [0.05, 0.1) is 0 Å². The van der Waals surface area contributed by atoms with Crippen LogP contribution in [0.25, 0.3) is 0 Å². The summed E-state index contributed by atoms with van der Waals surface area (Å²) in [7, 11) is 0. The maximum atomic E-state index is 12.2. The molecule has 0 spiro atoms. The number of urea groups is 1. The SMILES string of the molecule is CC1(C)CCCCC1NC(=O)NC(C)(C(=O)O)C1CC1. The fourth-order valence-corrected chi connectivity index (χ4v) is 3.18. The third-order valence-corrected chi connectivity index (χ3v) is 5.02. The van der Waals surface area contributed by atoms with Crippen LogP contribution < -0.4 is 10.6 Å². The molecule has 0 radical (unpaired) electrons. The Bertz CT molecular complexity index is 404. The van der Waals surface area contributed by atoms with E-state index in [4.69, 9.17) is 0 Å². The highest BCUT2D eigenvalue weighted by atomic mass is 16.4. The van der Waals surface area contributed by atoms with Gasteiger partial charge in [-0.05, 0) is 43.9 Å². The van der Waals surface area contributed by atoms with E-state index in [1.165, 1.54) is 6.42 Å². The van der Waals surface area contributed by atoms with Crippen LogP contribution in [0, 0.1) is 11.3 Å². The van der Waals surface area contributed by atoms with Gasteiger partial charge in [-0.25, -0.2) is 9.59 Å². The van der Waals surface area contributed by atoms with E-state index >= 15 is 0 Å². The number of hydrogen-bond acceptors (Lipinski definition) is 2. The number of amides is 2. The zero-order valence-corrected chi connectivity index (χ0v) is 12.7. The molecule has 20 heavy (non-hydrogen) atoms. The average molecular weight is 282 g/mol. The molecule has 2 unspecified atom stereocenters. The number of carbonyl (C=O) groups is 2. The van der Waals surface area contributed by atoms with Gasteiger partial charge in [0, 0.05) is 6.04 Å². The molecule has 0 heterocycles. The van der Waals surface area contributed by atoms with E-state index in [9.17, 15) is 14.7 Å². The molecule has 2 fully saturated rings. The minimum atomic E-state index is -1.14. The minimum absolute atomic E-state index is 0.0603. The first-order chi connectivity index (χ1) is 9.25. The molecule has 0 bridgehead atoms. The maximum Gasteiger partial charge on any atom is 0.329 e. The largest absolute Gasteiger partial charge is 0.480 e. The highest BCUT2D eigenvalue weighted by Crippen LogP contribution is 2.40. The van der Waals surface area contributed by atoms with Crippen LogP contribution in [0.4, 0.5) is 4.79 Å².